The van der Waals surface area contributed by atoms with Crippen molar-refractivity contribution in [3.8, 4) is 5.69 Å². The van der Waals surface area contributed by atoms with Crippen LogP contribution in [-0.4, -0.2) is 37.8 Å². The van der Waals surface area contributed by atoms with Gasteiger partial charge < -0.3 is 5.11 Å². The summed E-state index contributed by atoms with van der Waals surface area (Å²) < 4.78 is 1.54. The highest BCUT2D eigenvalue weighted by Gasteiger charge is 2.34. The summed E-state index contributed by atoms with van der Waals surface area (Å²) in [6.07, 6.45) is 9.11. The Kier molecular flexibility index (Phi) is 7.26. The maximum atomic E-state index is 13.5. The highest BCUT2D eigenvalue weighted by Crippen LogP contribution is 2.32. The molecule has 0 saturated heterocycles. The SMILES string of the molecule is CC(C)N(c1nn(-c2ccc(C=Cc3cscn3)cc2)cc1C(=O)O)C(=O)[C@H]1CC[C@H](C)CC1. The van der Waals surface area contributed by atoms with E-state index in [2.05, 4.69) is 17.0 Å². The summed E-state index contributed by atoms with van der Waals surface area (Å²) >= 11 is 1.55. The number of thiazole rings is 1. The third-order valence-electron chi connectivity index (χ3n) is 6.33. The number of carboxylic acid groups (broad SMARTS) is 1. The highest BCUT2D eigenvalue weighted by molar-refractivity contribution is 7.07. The minimum Gasteiger partial charge on any atom is -0.477 e. The molecule has 8 heteroatoms. The largest absolute Gasteiger partial charge is 0.477 e. The van der Waals surface area contributed by atoms with Crippen LogP contribution in [-0.2, 0) is 4.79 Å². The third-order valence-corrected chi connectivity index (χ3v) is 6.93. The van der Waals surface area contributed by atoms with Gasteiger partial charge in [0.2, 0.25) is 5.91 Å². The molecule has 1 amide bonds. The van der Waals surface area contributed by atoms with Gasteiger partial charge in [-0.3, -0.25) is 9.69 Å². The summed E-state index contributed by atoms with van der Waals surface area (Å²) in [6, 6.07) is 7.44. The fourth-order valence-corrected chi connectivity index (χ4v) is 4.88. The van der Waals surface area contributed by atoms with Crippen LogP contribution < -0.4 is 4.90 Å². The standard InChI is InChI=1S/C26H30N4O3S/c1-17(2)30(25(31)20-9-4-18(3)5-10-20)24-23(26(32)33)14-29(28-24)22-12-7-19(8-13-22)6-11-21-15-34-16-27-21/h6-8,11-18,20H,4-5,9-10H2,1-3H3,(H,32,33)/t18-,20-. The molecule has 178 valence electrons. The topological polar surface area (TPSA) is 88.3 Å². The van der Waals surface area contributed by atoms with Crippen LogP contribution in [0.3, 0.4) is 0 Å². The molecule has 2 aromatic heterocycles. The zero-order valence-electron chi connectivity index (χ0n) is 19.7. The Morgan fingerprint density at radius 1 is 1.15 bits per heavy atom. The Morgan fingerprint density at radius 3 is 2.44 bits per heavy atom. The molecule has 3 aromatic rings. The minimum absolute atomic E-state index is 0.0266. The van der Waals surface area contributed by atoms with Crippen LogP contribution in [0, 0.1) is 11.8 Å². The van der Waals surface area contributed by atoms with E-state index in [0.29, 0.717) is 5.92 Å². The molecule has 1 fully saturated rings. The fraction of sp³-hybridized carbons (Fsp3) is 0.385. The normalized spacial score (nSPS) is 18.5. The predicted molar refractivity (Wildman–Crippen MR) is 135 cm³/mol. The molecule has 0 unspecified atom stereocenters. The van der Waals surface area contributed by atoms with E-state index in [1.807, 2.05) is 55.6 Å². The average Bonchev–Trinajstić information content (AvgIpc) is 3.49. The van der Waals surface area contributed by atoms with Crippen LogP contribution in [0.15, 0.2) is 41.4 Å². The molecule has 0 aliphatic heterocycles. The Labute approximate surface area is 203 Å². The van der Waals surface area contributed by atoms with Crippen molar-refractivity contribution in [2.45, 2.75) is 52.5 Å². The van der Waals surface area contributed by atoms with Crippen molar-refractivity contribution in [2.24, 2.45) is 11.8 Å². The lowest BCUT2D eigenvalue weighted by molar-refractivity contribution is -0.123. The highest BCUT2D eigenvalue weighted by atomic mass is 32.1. The number of carboxylic acids is 1. The van der Waals surface area contributed by atoms with Gasteiger partial charge in [0.1, 0.15) is 5.56 Å². The summed E-state index contributed by atoms with van der Waals surface area (Å²) in [5, 5.41) is 16.4. The van der Waals surface area contributed by atoms with Crippen LogP contribution in [0.25, 0.3) is 17.8 Å². The van der Waals surface area contributed by atoms with Crippen molar-refractivity contribution in [1.82, 2.24) is 14.8 Å². The first kappa shape index (κ1) is 23.9. The fourth-order valence-electron chi connectivity index (χ4n) is 4.36. The van der Waals surface area contributed by atoms with Crippen molar-refractivity contribution in [3.05, 3.63) is 58.2 Å². The molecule has 1 saturated carbocycles. The van der Waals surface area contributed by atoms with Crippen LogP contribution >= 0.6 is 11.3 Å². The molecule has 1 N–H and O–H groups in total. The van der Waals surface area contributed by atoms with Gasteiger partial charge in [-0.15, -0.1) is 16.4 Å². The van der Waals surface area contributed by atoms with Gasteiger partial charge in [0.25, 0.3) is 0 Å². The third kappa shape index (κ3) is 5.28. The Morgan fingerprint density at radius 2 is 1.85 bits per heavy atom. The molecule has 1 aliphatic carbocycles. The summed E-state index contributed by atoms with van der Waals surface area (Å²) in [5.74, 6) is -0.380. The van der Waals surface area contributed by atoms with Gasteiger partial charge in [-0.2, -0.15) is 0 Å². The Balaban J connectivity index is 1.61. The van der Waals surface area contributed by atoms with E-state index in [4.69, 9.17) is 0 Å². The van der Waals surface area contributed by atoms with Gasteiger partial charge in [0.05, 0.1) is 16.9 Å². The maximum Gasteiger partial charge on any atom is 0.341 e. The van der Waals surface area contributed by atoms with Crippen molar-refractivity contribution >= 4 is 41.2 Å². The molecule has 0 spiro atoms. The molecule has 0 atom stereocenters. The molecule has 0 bridgehead atoms. The number of hydrogen-bond donors (Lipinski definition) is 1. The number of anilines is 1. The number of aromatic carboxylic acids is 1. The monoisotopic (exact) mass is 478 g/mol. The number of hydrogen-bond acceptors (Lipinski definition) is 5. The van der Waals surface area contributed by atoms with E-state index >= 15 is 0 Å². The second kappa shape index (κ2) is 10.3. The number of rotatable bonds is 7. The quantitative estimate of drug-likeness (QED) is 0.466. The van der Waals surface area contributed by atoms with E-state index in [9.17, 15) is 14.7 Å². The lowest BCUT2D eigenvalue weighted by Gasteiger charge is -2.32. The van der Waals surface area contributed by atoms with Gasteiger partial charge in [-0.1, -0.05) is 25.1 Å². The molecule has 1 aromatic carbocycles. The summed E-state index contributed by atoms with van der Waals surface area (Å²) in [6.45, 7) is 6.01. The minimum atomic E-state index is -1.10. The van der Waals surface area contributed by atoms with Crippen molar-refractivity contribution < 1.29 is 14.7 Å². The number of amides is 1. The van der Waals surface area contributed by atoms with Gasteiger partial charge >= 0.3 is 5.97 Å². The first-order valence-corrected chi connectivity index (χ1v) is 12.6. The van der Waals surface area contributed by atoms with Gasteiger partial charge in [0.15, 0.2) is 5.82 Å². The molecule has 0 radical (unpaired) electrons. The molecule has 4 rings (SSSR count). The zero-order valence-corrected chi connectivity index (χ0v) is 20.5. The second-order valence-corrected chi connectivity index (χ2v) is 9.93. The number of aromatic nitrogens is 3. The van der Waals surface area contributed by atoms with Gasteiger partial charge in [0, 0.05) is 23.5 Å². The van der Waals surface area contributed by atoms with Crippen LogP contribution in [0.5, 0.6) is 0 Å². The summed E-state index contributed by atoms with van der Waals surface area (Å²) in [5.41, 5.74) is 4.44. The average molecular weight is 479 g/mol. The number of carbonyl (C=O) groups excluding carboxylic acids is 1. The van der Waals surface area contributed by atoms with Gasteiger partial charge in [-0.05, 0) is 69.2 Å². The number of nitrogens with zero attached hydrogens (tertiary/aromatic N) is 4. The molecule has 34 heavy (non-hydrogen) atoms. The lowest BCUT2D eigenvalue weighted by Crippen LogP contribution is -2.43. The van der Waals surface area contributed by atoms with E-state index in [0.717, 1.165) is 42.6 Å². The van der Waals surface area contributed by atoms with Gasteiger partial charge in [-0.25, -0.2) is 14.5 Å². The van der Waals surface area contributed by atoms with E-state index < -0.39 is 5.97 Å². The maximum absolute atomic E-state index is 13.5. The second-order valence-electron chi connectivity index (χ2n) is 9.21. The Hall–Kier alpha value is -3.26. The van der Waals surface area contributed by atoms with Crippen LogP contribution in [0.2, 0.25) is 0 Å². The molecular weight excluding hydrogens is 448 g/mol. The molecular formula is C26H30N4O3S. The number of carbonyl (C=O) groups is 2. The Bertz CT molecular complexity index is 1160. The lowest BCUT2D eigenvalue weighted by atomic mass is 9.82. The smallest absolute Gasteiger partial charge is 0.341 e. The first-order valence-electron chi connectivity index (χ1n) is 11.7. The summed E-state index contributed by atoms with van der Waals surface area (Å²) in [7, 11) is 0. The van der Waals surface area contributed by atoms with Crippen molar-refractivity contribution in [2.75, 3.05) is 4.90 Å². The van der Waals surface area contributed by atoms with Crippen LogP contribution in [0.1, 0.15) is 68.1 Å². The van der Waals surface area contributed by atoms with Crippen molar-refractivity contribution in [1.29, 1.82) is 0 Å². The van der Waals surface area contributed by atoms with E-state index in [-0.39, 0.29) is 29.2 Å². The van der Waals surface area contributed by atoms with Crippen molar-refractivity contribution in [3.63, 3.8) is 0 Å². The molecule has 1 aliphatic rings. The zero-order chi connectivity index (χ0) is 24.2. The van der Waals surface area contributed by atoms with Crippen LogP contribution in [0.4, 0.5) is 5.82 Å². The molecule has 7 nitrogen and oxygen atoms in total. The van der Waals surface area contributed by atoms with E-state index in [1.54, 1.807) is 21.7 Å². The first-order chi connectivity index (χ1) is 16.3. The van der Waals surface area contributed by atoms with E-state index in [1.165, 1.54) is 10.9 Å². The summed E-state index contributed by atoms with van der Waals surface area (Å²) in [4.78, 5) is 31.3. The predicted octanol–water partition coefficient (Wildman–Crippen LogP) is 5.77. The number of benzene rings is 1. The molecule has 2 heterocycles.